The van der Waals surface area contributed by atoms with E-state index in [4.69, 9.17) is 0 Å². The molecule has 2 amide bonds. The summed E-state index contributed by atoms with van der Waals surface area (Å²) in [5.74, 6) is 0.482. The predicted octanol–water partition coefficient (Wildman–Crippen LogP) is 4.41. The fourth-order valence-electron chi connectivity index (χ4n) is 4.31. The monoisotopic (exact) mass is 454 g/mol. The zero-order valence-electron chi connectivity index (χ0n) is 18.3. The van der Waals surface area contributed by atoms with Gasteiger partial charge < -0.3 is 14.8 Å². The third kappa shape index (κ3) is 5.30. The van der Waals surface area contributed by atoms with E-state index in [0.29, 0.717) is 22.7 Å². The predicted molar refractivity (Wildman–Crippen MR) is 125 cm³/mol. The summed E-state index contributed by atoms with van der Waals surface area (Å²) in [7, 11) is 0. The molecule has 2 atom stereocenters. The second-order valence-corrected chi connectivity index (χ2v) is 9.50. The van der Waals surface area contributed by atoms with Crippen LogP contribution in [-0.2, 0) is 16.1 Å². The number of halogens is 1. The first kappa shape index (κ1) is 22.3. The Labute approximate surface area is 191 Å². The van der Waals surface area contributed by atoms with Gasteiger partial charge in [0.15, 0.2) is 5.16 Å². The molecular formula is C24H27FN4O2S. The van der Waals surface area contributed by atoms with E-state index in [1.165, 1.54) is 23.9 Å². The van der Waals surface area contributed by atoms with E-state index < -0.39 is 5.82 Å². The van der Waals surface area contributed by atoms with Gasteiger partial charge in [-0.1, -0.05) is 43.8 Å². The third-order valence-electron chi connectivity index (χ3n) is 5.58. The number of hydrogen-bond acceptors (Lipinski definition) is 4. The molecule has 0 spiro atoms. The van der Waals surface area contributed by atoms with Crippen LogP contribution in [0.3, 0.4) is 0 Å². The second-order valence-electron chi connectivity index (χ2n) is 8.56. The number of para-hydroxylation sites is 2. The Hall–Kier alpha value is -2.87. The molecular weight excluding hydrogens is 427 g/mol. The summed E-state index contributed by atoms with van der Waals surface area (Å²) < 4.78 is 15.2. The maximum absolute atomic E-state index is 13.4. The quantitative estimate of drug-likeness (QED) is 0.560. The lowest BCUT2D eigenvalue weighted by molar-refractivity contribution is -0.134. The summed E-state index contributed by atoms with van der Waals surface area (Å²) in [6.07, 6.45) is 1.14. The van der Waals surface area contributed by atoms with Crippen LogP contribution >= 0.6 is 11.8 Å². The van der Waals surface area contributed by atoms with Gasteiger partial charge in [0, 0.05) is 18.8 Å². The molecule has 1 N–H and O–H groups in total. The second kappa shape index (κ2) is 9.73. The van der Waals surface area contributed by atoms with Crippen molar-refractivity contribution >= 4 is 40.3 Å². The number of fused-ring (bicyclic) bond motifs is 1. The summed E-state index contributed by atoms with van der Waals surface area (Å²) in [6, 6.07) is 13.4. The molecule has 3 aromatic rings. The number of carbonyl (C=O) groups excluding carboxylic acids is 2. The lowest BCUT2D eigenvalue weighted by atomic mass is 9.92. The summed E-state index contributed by atoms with van der Waals surface area (Å²) in [6.45, 7) is 6.10. The number of thioether (sulfide) groups is 1. The van der Waals surface area contributed by atoms with Gasteiger partial charge in [0.2, 0.25) is 11.8 Å². The van der Waals surface area contributed by atoms with Crippen LogP contribution in [0.4, 0.5) is 10.1 Å². The summed E-state index contributed by atoms with van der Waals surface area (Å²) in [5.41, 5.74) is 2.06. The van der Waals surface area contributed by atoms with Crippen LogP contribution in [0.15, 0.2) is 53.7 Å². The van der Waals surface area contributed by atoms with E-state index in [0.717, 1.165) is 30.5 Å². The molecule has 168 valence electrons. The van der Waals surface area contributed by atoms with Gasteiger partial charge in [-0.15, -0.1) is 0 Å². The van der Waals surface area contributed by atoms with Gasteiger partial charge in [0.25, 0.3) is 0 Å². The third-order valence-corrected chi connectivity index (χ3v) is 6.55. The number of carbonyl (C=O) groups is 2. The molecule has 4 rings (SSSR count). The van der Waals surface area contributed by atoms with Gasteiger partial charge in [0.05, 0.1) is 16.8 Å². The summed E-state index contributed by atoms with van der Waals surface area (Å²) in [4.78, 5) is 32.1. The minimum Gasteiger partial charge on any atom is -0.341 e. The average molecular weight is 455 g/mol. The molecule has 0 bridgehead atoms. The molecule has 0 saturated carbocycles. The molecule has 2 heterocycles. The molecule has 1 aliphatic heterocycles. The lowest BCUT2D eigenvalue weighted by Crippen LogP contribution is -2.44. The largest absolute Gasteiger partial charge is 0.341 e. The topological polar surface area (TPSA) is 67.2 Å². The van der Waals surface area contributed by atoms with E-state index in [2.05, 4.69) is 24.1 Å². The molecule has 2 aromatic carbocycles. The van der Waals surface area contributed by atoms with Crippen molar-refractivity contribution in [3.05, 3.63) is 54.3 Å². The highest BCUT2D eigenvalue weighted by molar-refractivity contribution is 7.99. The van der Waals surface area contributed by atoms with Crippen molar-refractivity contribution in [3.8, 4) is 0 Å². The molecule has 1 saturated heterocycles. The molecule has 1 aromatic heterocycles. The van der Waals surface area contributed by atoms with Gasteiger partial charge in [-0.3, -0.25) is 9.59 Å². The van der Waals surface area contributed by atoms with Gasteiger partial charge >= 0.3 is 0 Å². The first-order chi connectivity index (χ1) is 15.4. The van der Waals surface area contributed by atoms with Gasteiger partial charge in [-0.2, -0.15) is 0 Å². The van der Waals surface area contributed by atoms with Crippen molar-refractivity contribution in [2.45, 2.75) is 32.0 Å². The Morgan fingerprint density at radius 1 is 1.12 bits per heavy atom. The maximum atomic E-state index is 13.4. The Balaban J connectivity index is 1.49. The van der Waals surface area contributed by atoms with Crippen molar-refractivity contribution in [1.82, 2.24) is 14.5 Å². The number of piperidine rings is 1. The number of nitrogens with zero attached hydrogens (tertiary/aromatic N) is 3. The van der Waals surface area contributed by atoms with Crippen molar-refractivity contribution in [3.63, 3.8) is 0 Å². The molecule has 0 aliphatic carbocycles. The van der Waals surface area contributed by atoms with Crippen LogP contribution in [0.2, 0.25) is 0 Å². The standard InChI is InChI=1S/C24H27FN4O2S/c1-16-10-17(2)13-28(12-16)23(31)14-29-21-9-4-3-8-20(21)27-24(29)32-15-22(30)26-19-7-5-6-18(25)11-19/h3-9,11,16-17H,10,12-15H2,1-2H3,(H,26,30)/t16-,17-/m1/s1. The number of likely N-dealkylation sites (tertiary alicyclic amines) is 1. The molecule has 0 unspecified atom stereocenters. The highest BCUT2D eigenvalue weighted by atomic mass is 32.2. The number of benzene rings is 2. The fourth-order valence-corrected chi connectivity index (χ4v) is 5.13. The summed E-state index contributed by atoms with van der Waals surface area (Å²) in [5, 5.41) is 3.31. The van der Waals surface area contributed by atoms with E-state index in [-0.39, 0.29) is 24.1 Å². The van der Waals surface area contributed by atoms with Crippen molar-refractivity contribution < 1.29 is 14.0 Å². The number of hydrogen-bond donors (Lipinski definition) is 1. The molecule has 32 heavy (non-hydrogen) atoms. The number of amides is 2. The van der Waals surface area contributed by atoms with Gasteiger partial charge in [0.1, 0.15) is 12.4 Å². The van der Waals surface area contributed by atoms with Crippen molar-refractivity contribution in [1.29, 1.82) is 0 Å². The number of imidazole rings is 1. The van der Waals surface area contributed by atoms with Crippen molar-refractivity contribution in [2.24, 2.45) is 11.8 Å². The van der Waals surface area contributed by atoms with Crippen LogP contribution in [-0.4, -0.2) is 45.1 Å². The Bertz CT molecular complexity index is 1120. The molecule has 0 radical (unpaired) electrons. The Kier molecular flexibility index (Phi) is 6.79. The normalized spacial score (nSPS) is 18.7. The van der Waals surface area contributed by atoms with Gasteiger partial charge in [-0.05, 0) is 48.6 Å². The summed E-state index contributed by atoms with van der Waals surface area (Å²) >= 11 is 1.27. The van der Waals surface area contributed by atoms with E-state index in [9.17, 15) is 14.0 Å². The highest BCUT2D eigenvalue weighted by Gasteiger charge is 2.26. The Morgan fingerprint density at radius 2 is 1.88 bits per heavy atom. The smallest absolute Gasteiger partial charge is 0.242 e. The van der Waals surface area contributed by atoms with Crippen LogP contribution in [0.1, 0.15) is 20.3 Å². The number of rotatable bonds is 6. The lowest BCUT2D eigenvalue weighted by Gasteiger charge is -2.35. The number of anilines is 1. The Morgan fingerprint density at radius 3 is 2.62 bits per heavy atom. The maximum Gasteiger partial charge on any atom is 0.242 e. The van der Waals surface area contributed by atoms with E-state index in [1.807, 2.05) is 33.7 Å². The van der Waals surface area contributed by atoms with E-state index >= 15 is 0 Å². The zero-order valence-corrected chi connectivity index (χ0v) is 19.1. The average Bonchev–Trinajstić information content (AvgIpc) is 3.09. The fraction of sp³-hybridized carbons (Fsp3) is 0.375. The molecule has 6 nitrogen and oxygen atoms in total. The van der Waals surface area contributed by atoms with Crippen molar-refractivity contribution in [2.75, 3.05) is 24.2 Å². The molecule has 1 fully saturated rings. The SMILES string of the molecule is C[C@@H]1C[C@@H](C)CN(C(=O)Cn2c(SCC(=O)Nc3cccc(F)c3)nc3ccccc32)C1. The zero-order chi connectivity index (χ0) is 22.7. The van der Waals surface area contributed by atoms with Gasteiger partial charge in [-0.25, -0.2) is 9.37 Å². The molecule has 8 heteroatoms. The first-order valence-electron chi connectivity index (χ1n) is 10.8. The van der Waals surface area contributed by atoms with Crippen LogP contribution in [0.25, 0.3) is 11.0 Å². The highest BCUT2D eigenvalue weighted by Crippen LogP contribution is 2.26. The molecule has 1 aliphatic rings. The number of nitrogens with one attached hydrogen (secondary N) is 1. The first-order valence-corrected chi connectivity index (χ1v) is 11.8. The van der Waals surface area contributed by atoms with Crippen LogP contribution < -0.4 is 5.32 Å². The number of aromatic nitrogens is 2. The van der Waals surface area contributed by atoms with Crippen LogP contribution in [0.5, 0.6) is 0 Å². The minimum atomic E-state index is -0.405. The van der Waals surface area contributed by atoms with E-state index in [1.54, 1.807) is 12.1 Å². The van der Waals surface area contributed by atoms with Crippen LogP contribution in [0, 0.1) is 17.7 Å². The minimum absolute atomic E-state index is 0.0672.